The standard InChI is InChI=1S/C20H21N3OS2/c1-3-6-14(2)22-23-19(24)16-11-9-15(10-12-16)13-25-20-21-17-7-4-5-8-18(17)26-20/h4-5,7-12H,3,6,13H2,1-2H3,(H,23,24)/b22-14-. The molecule has 0 aliphatic carbocycles. The molecule has 0 radical (unpaired) electrons. The number of para-hydroxylation sites is 1. The van der Waals surface area contributed by atoms with Gasteiger partial charge in [-0.3, -0.25) is 4.79 Å². The molecule has 0 bridgehead atoms. The van der Waals surface area contributed by atoms with Gasteiger partial charge in [-0.1, -0.05) is 49.4 Å². The average Bonchev–Trinajstić information content (AvgIpc) is 3.08. The van der Waals surface area contributed by atoms with Crippen LogP contribution >= 0.6 is 23.1 Å². The number of hydrogen-bond acceptors (Lipinski definition) is 5. The van der Waals surface area contributed by atoms with E-state index >= 15 is 0 Å². The number of carbonyl (C=O) groups excluding carboxylic acids is 1. The molecule has 0 atom stereocenters. The van der Waals surface area contributed by atoms with Crippen LogP contribution in [0.3, 0.4) is 0 Å². The predicted octanol–water partition coefficient (Wildman–Crippen LogP) is 5.49. The van der Waals surface area contributed by atoms with Crippen molar-refractivity contribution in [2.45, 2.75) is 36.8 Å². The first-order valence-electron chi connectivity index (χ1n) is 8.56. The lowest BCUT2D eigenvalue weighted by molar-refractivity contribution is 0.0954. The molecule has 134 valence electrons. The number of thiazole rings is 1. The SMILES string of the molecule is CCC/C(C)=N\NC(=O)c1ccc(CSc2nc3ccccc3s2)cc1. The van der Waals surface area contributed by atoms with E-state index in [9.17, 15) is 4.79 Å². The zero-order chi connectivity index (χ0) is 18.4. The Morgan fingerprint density at radius 2 is 1.96 bits per heavy atom. The molecule has 1 N–H and O–H groups in total. The van der Waals surface area contributed by atoms with Gasteiger partial charge in [0, 0.05) is 17.0 Å². The van der Waals surface area contributed by atoms with Gasteiger partial charge in [0.2, 0.25) is 0 Å². The van der Waals surface area contributed by atoms with Crippen molar-refractivity contribution in [2.24, 2.45) is 5.10 Å². The summed E-state index contributed by atoms with van der Waals surface area (Å²) >= 11 is 3.43. The van der Waals surface area contributed by atoms with Crippen molar-refractivity contribution in [3.8, 4) is 0 Å². The van der Waals surface area contributed by atoms with Gasteiger partial charge in [0.05, 0.1) is 10.2 Å². The molecule has 0 spiro atoms. The minimum atomic E-state index is -0.175. The molecular formula is C20H21N3OS2. The lowest BCUT2D eigenvalue weighted by Gasteiger charge is -2.04. The molecule has 3 aromatic rings. The van der Waals surface area contributed by atoms with Crippen molar-refractivity contribution in [1.82, 2.24) is 10.4 Å². The van der Waals surface area contributed by atoms with Crippen molar-refractivity contribution < 1.29 is 4.79 Å². The topological polar surface area (TPSA) is 54.4 Å². The molecule has 0 saturated carbocycles. The number of thioether (sulfide) groups is 1. The van der Waals surface area contributed by atoms with E-state index in [1.54, 1.807) is 23.1 Å². The van der Waals surface area contributed by atoms with Crippen LogP contribution in [0.15, 0.2) is 58.0 Å². The van der Waals surface area contributed by atoms with E-state index in [0.29, 0.717) is 5.56 Å². The Morgan fingerprint density at radius 1 is 1.19 bits per heavy atom. The van der Waals surface area contributed by atoms with Gasteiger partial charge in [-0.25, -0.2) is 10.4 Å². The number of benzene rings is 2. The highest BCUT2D eigenvalue weighted by Gasteiger charge is 2.07. The fourth-order valence-electron chi connectivity index (χ4n) is 2.44. The van der Waals surface area contributed by atoms with Crippen LogP contribution in [0.5, 0.6) is 0 Å². The number of aromatic nitrogens is 1. The Labute approximate surface area is 161 Å². The summed E-state index contributed by atoms with van der Waals surface area (Å²) in [5.74, 6) is 0.654. The molecule has 0 aliphatic heterocycles. The molecular weight excluding hydrogens is 362 g/mol. The highest BCUT2D eigenvalue weighted by Crippen LogP contribution is 2.31. The quantitative estimate of drug-likeness (QED) is 0.333. The Hall–Kier alpha value is -2.18. The van der Waals surface area contributed by atoms with Crippen LogP contribution in [0, 0.1) is 0 Å². The van der Waals surface area contributed by atoms with Gasteiger partial charge in [0.1, 0.15) is 0 Å². The summed E-state index contributed by atoms with van der Waals surface area (Å²) in [6.45, 7) is 4.01. The van der Waals surface area contributed by atoms with Crippen molar-refractivity contribution in [3.63, 3.8) is 0 Å². The van der Waals surface area contributed by atoms with E-state index in [0.717, 1.165) is 39.7 Å². The third-order valence-corrected chi connectivity index (χ3v) is 6.06. The fourth-order valence-corrected chi connectivity index (χ4v) is 4.46. The summed E-state index contributed by atoms with van der Waals surface area (Å²) in [5.41, 5.74) is 6.37. The number of fused-ring (bicyclic) bond motifs is 1. The molecule has 2 aromatic carbocycles. The van der Waals surface area contributed by atoms with Crippen LogP contribution in [0.4, 0.5) is 0 Å². The smallest absolute Gasteiger partial charge is 0.267 e. The zero-order valence-electron chi connectivity index (χ0n) is 14.9. The van der Waals surface area contributed by atoms with Gasteiger partial charge in [-0.15, -0.1) is 11.3 Å². The number of hydrogen-bond donors (Lipinski definition) is 1. The van der Waals surface area contributed by atoms with Gasteiger partial charge in [0.15, 0.2) is 4.34 Å². The summed E-state index contributed by atoms with van der Waals surface area (Å²) < 4.78 is 2.27. The second kappa shape index (κ2) is 8.96. The highest BCUT2D eigenvalue weighted by molar-refractivity contribution is 8.00. The third kappa shape index (κ3) is 4.93. The van der Waals surface area contributed by atoms with E-state index in [2.05, 4.69) is 28.5 Å². The van der Waals surface area contributed by atoms with Crippen molar-refractivity contribution >= 4 is 44.9 Å². The zero-order valence-corrected chi connectivity index (χ0v) is 16.5. The maximum atomic E-state index is 12.1. The molecule has 1 amide bonds. The average molecular weight is 384 g/mol. The first-order valence-corrected chi connectivity index (χ1v) is 10.4. The van der Waals surface area contributed by atoms with Crippen LogP contribution in [-0.2, 0) is 5.75 Å². The fraction of sp³-hybridized carbons (Fsp3) is 0.250. The molecule has 26 heavy (non-hydrogen) atoms. The number of hydrazone groups is 1. The predicted molar refractivity (Wildman–Crippen MR) is 111 cm³/mol. The second-order valence-electron chi connectivity index (χ2n) is 5.97. The van der Waals surface area contributed by atoms with Crippen LogP contribution in [0.2, 0.25) is 0 Å². The van der Waals surface area contributed by atoms with E-state index in [-0.39, 0.29) is 5.91 Å². The first kappa shape index (κ1) is 18.6. The van der Waals surface area contributed by atoms with Crippen LogP contribution in [-0.4, -0.2) is 16.6 Å². The van der Waals surface area contributed by atoms with Crippen molar-refractivity contribution in [2.75, 3.05) is 0 Å². The van der Waals surface area contributed by atoms with Gasteiger partial charge >= 0.3 is 0 Å². The van der Waals surface area contributed by atoms with Gasteiger partial charge in [-0.05, 0) is 43.2 Å². The minimum absolute atomic E-state index is 0.175. The largest absolute Gasteiger partial charge is 0.271 e. The molecule has 0 fully saturated rings. The van der Waals surface area contributed by atoms with Gasteiger partial charge in [-0.2, -0.15) is 5.10 Å². The highest BCUT2D eigenvalue weighted by atomic mass is 32.2. The van der Waals surface area contributed by atoms with Crippen LogP contribution < -0.4 is 5.43 Å². The Morgan fingerprint density at radius 3 is 2.69 bits per heavy atom. The van der Waals surface area contributed by atoms with Crippen molar-refractivity contribution in [3.05, 3.63) is 59.7 Å². The molecule has 0 unspecified atom stereocenters. The van der Waals surface area contributed by atoms with Crippen LogP contribution in [0.25, 0.3) is 10.2 Å². The van der Waals surface area contributed by atoms with Gasteiger partial charge in [0.25, 0.3) is 5.91 Å². The number of carbonyl (C=O) groups is 1. The first-order chi connectivity index (χ1) is 12.7. The lowest BCUT2D eigenvalue weighted by Crippen LogP contribution is -2.18. The van der Waals surface area contributed by atoms with Gasteiger partial charge < -0.3 is 0 Å². The molecule has 1 aromatic heterocycles. The van der Waals surface area contributed by atoms with E-state index in [4.69, 9.17) is 0 Å². The van der Waals surface area contributed by atoms with Crippen LogP contribution in [0.1, 0.15) is 42.6 Å². The summed E-state index contributed by atoms with van der Waals surface area (Å²) in [5, 5.41) is 4.12. The molecule has 0 saturated heterocycles. The number of rotatable bonds is 7. The molecule has 4 nitrogen and oxygen atoms in total. The number of amides is 1. The normalized spacial score (nSPS) is 11.7. The number of nitrogens with one attached hydrogen (secondary N) is 1. The Bertz CT molecular complexity index is 883. The maximum absolute atomic E-state index is 12.1. The maximum Gasteiger partial charge on any atom is 0.271 e. The number of nitrogens with zero attached hydrogens (tertiary/aromatic N) is 2. The monoisotopic (exact) mass is 383 g/mol. The minimum Gasteiger partial charge on any atom is -0.267 e. The Balaban J connectivity index is 1.57. The molecule has 6 heteroatoms. The third-order valence-electron chi connectivity index (χ3n) is 3.81. The summed E-state index contributed by atoms with van der Waals surface area (Å²) in [7, 11) is 0. The summed E-state index contributed by atoms with van der Waals surface area (Å²) in [4.78, 5) is 16.7. The summed E-state index contributed by atoms with van der Waals surface area (Å²) in [6.07, 6.45) is 1.91. The van der Waals surface area contributed by atoms with E-state index in [1.807, 2.05) is 49.4 Å². The molecule has 1 heterocycles. The Kier molecular flexibility index (Phi) is 6.41. The van der Waals surface area contributed by atoms with E-state index in [1.165, 1.54) is 4.70 Å². The lowest BCUT2D eigenvalue weighted by atomic mass is 10.1. The second-order valence-corrected chi connectivity index (χ2v) is 8.22. The molecule has 3 rings (SSSR count). The summed E-state index contributed by atoms with van der Waals surface area (Å²) in [6, 6.07) is 15.8. The van der Waals surface area contributed by atoms with Crippen molar-refractivity contribution in [1.29, 1.82) is 0 Å². The van der Waals surface area contributed by atoms with E-state index < -0.39 is 0 Å². The molecule has 0 aliphatic rings.